The van der Waals surface area contributed by atoms with Crippen LogP contribution in [0.15, 0.2) is 77.7 Å². The van der Waals surface area contributed by atoms with E-state index < -0.39 is 27.7 Å². The van der Waals surface area contributed by atoms with Crippen molar-refractivity contribution >= 4 is 21.6 Å². The molecular weight excluding hydrogens is 421 g/mol. The molecule has 0 aliphatic carbocycles. The van der Waals surface area contributed by atoms with Gasteiger partial charge in [-0.25, -0.2) is 13.6 Å². The second-order valence-electron chi connectivity index (χ2n) is 6.15. The molecule has 0 radical (unpaired) electrons. The van der Waals surface area contributed by atoms with Gasteiger partial charge in [0.05, 0.1) is 16.0 Å². The number of sulfonamides is 1. The monoisotopic (exact) mass is 442 g/mol. The van der Waals surface area contributed by atoms with Crippen LogP contribution in [0.5, 0.6) is 11.5 Å². The highest BCUT2D eigenvalue weighted by molar-refractivity contribution is 7.89. The van der Waals surface area contributed by atoms with Crippen LogP contribution in [0, 0.1) is 0 Å². The average molecular weight is 442 g/mol. The summed E-state index contributed by atoms with van der Waals surface area (Å²) in [5, 5.41) is 7.62. The van der Waals surface area contributed by atoms with Gasteiger partial charge in [0.2, 0.25) is 10.0 Å². The van der Waals surface area contributed by atoms with E-state index in [0.717, 1.165) is 24.3 Å². The standard InChI is InChI=1S/C20H15F3N2O4S.3H2/c21-20(22,23)13-8-10-15(11-9-13)29-18-7-2-1-6-17(18)19(26)25-14-4-3-5-16(12-14)30(24,27)28;;;/h1-12H,(H,25,26)(H2,24,27,28);3*1H. The molecule has 0 bridgehead atoms. The largest absolute Gasteiger partial charge is 0.457 e. The third kappa shape index (κ3) is 5.16. The van der Waals surface area contributed by atoms with E-state index >= 15 is 0 Å². The van der Waals surface area contributed by atoms with Gasteiger partial charge in [-0.15, -0.1) is 0 Å². The number of nitrogens with one attached hydrogen (secondary N) is 1. The van der Waals surface area contributed by atoms with Gasteiger partial charge in [-0.05, 0) is 54.6 Å². The first-order valence-corrected chi connectivity index (χ1v) is 9.97. The number of amides is 1. The number of carbonyl (C=O) groups excluding carboxylic acids is 1. The topological polar surface area (TPSA) is 98.5 Å². The summed E-state index contributed by atoms with van der Waals surface area (Å²) >= 11 is 0. The summed E-state index contributed by atoms with van der Waals surface area (Å²) in [6.07, 6.45) is -4.47. The Kier molecular flexibility index (Phi) is 5.81. The minimum Gasteiger partial charge on any atom is -0.457 e. The molecule has 6 nitrogen and oxygen atoms in total. The zero-order chi connectivity index (χ0) is 21.9. The highest BCUT2D eigenvalue weighted by Crippen LogP contribution is 2.32. The fourth-order valence-electron chi connectivity index (χ4n) is 2.53. The molecule has 0 saturated heterocycles. The van der Waals surface area contributed by atoms with Gasteiger partial charge in [0.15, 0.2) is 0 Å². The number of anilines is 1. The van der Waals surface area contributed by atoms with Crippen LogP contribution < -0.4 is 15.2 Å². The highest BCUT2D eigenvalue weighted by atomic mass is 32.2. The normalized spacial score (nSPS) is 11.7. The number of primary sulfonamides is 1. The molecule has 1 amide bonds. The lowest BCUT2D eigenvalue weighted by atomic mass is 10.1. The van der Waals surface area contributed by atoms with Crippen molar-refractivity contribution in [3.8, 4) is 11.5 Å². The second-order valence-corrected chi connectivity index (χ2v) is 7.71. The Balaban J connectivity index is 0.00000341. The molecule has 0 atom stereocenters. The van der Waals surface area contributed by atoms with E-state index in [-0.39, 0.29) is 31.9 Å². The molecule has 0 heterocycles. The second kappa shape index (κ2) is 8.17. The SMILES string of the molecule is NS(=O)(=O)c1cccc(NC(=O)c2ccccc2Oc2ccc(C(F)(F)F)cc2)c1.[HH].[HH].[HH]. The summed E-state index contributed by atoms with van der Waals surface area (Å²) in [6.45, 7) is 0. The molecular formula is C20H21F3N2O4S. The van der Waals surface area contributed by atoms with E-state index in [1.807, 2.05) is 0 Å². The first kappa shape index (κ1) is 21.3. The molecule has 10 heteroatoms. The summed E-state index contributed by atoms with van der Waals surface area (Å²) < 4.78 is 66.5. The Morgan fingerprint density at radius 3 is 2.27 bits per heavy atom. The predicted molar refractivity (Wildman–Crippen MR) is 110 cm³/mol. The van der Waals surface area contributed by atoms with Gasteiger partial charge >= 0.3 is 6.18 Å². The first-order valence-electron chi connectivity index (χ1n) is 8.42. The maximum Gasteiger partial charge on any atom is 0.416 e. The molecule has 0 fully saturated rings. The molecule has 0 spiro atoms. The number of ether oxygens (including phenoxy) is 1. The third-order valence-electron chi connectivity index (χ3n) is 3.96. The molecule has 30 heavy (non-hydrogen) atoms. The van der Waals surface area contributed by atoms with Gasteiger partial charge in [0.25, 0.3) is 5.91 Å². The number of carbonyl (C=O) groups is 1. The van der Waals surface area contributed by atoms with Crippen LogP contribution in [-0.4, -0.2) is 14.3 Å². The Bertz CT molecular complexity index is 1190. The third-order valence-corrected chi connectivity index (χ3v) is 4.87. The fraction of sp³-hybridized carbons (Fsp3) is 0.0500. The quantitative estimate of drug-likeness (QED) is 0.572. The van der Waals surface area contributed by atoms with E-state index in [2.05, 4.69) is 5.32 Å². The van der Waals surface area contributed by atoms with Crippen molar-refractivity contribution < 1.29 is 35.4 Å². The van der Waals surface area contributed by atoms with Crippen LogP contribution in [0.4, 0.5) is 18.9 Å². The van der Waals surface area contributed by atoms with Gasteiger partial charge < -0.3 is 10.1 Å². The minimum absolute atomic E-state index is 0. The number of para-hydroxylation sites is 1. The van der Waals surface area contributed by atoms with E-state index in [1.165, 1.54) is 36.4 Å². The van der Waals surface area contributed by atoms with Crippen LogP contribution in [0.2, 0.25) is 0 Å². The van der Waals surface area contributed by atoms with Crippen molar-refractivity contribution in [1.29, 1.82) is 0 Å². The highest BCUT2D eigenvalue weighted by Gasteiger charge is 2.30. The molecule has 0 aliphatic rings. The number of rotatable bonds is 5. The number of hydrogen-bond acceptors (Lipinski definition) is 4. The van der Waals surface area contributed by atoms with Crippen molar-refractivity contribution in [3.05, 3.63) is 83.9 Å². The smallest absolute Gasteiger partial charge is 0.416 e. The lowest BCUT2D eigenvalue weighted by Crippen LogP contribution is -2.15. The average Bonchev–Trinajstić information content (AvgIpc) is 2.67. The molecule has 0 aromatic heterocycles. The van der Waals surface area contributed by atoms with Crippen LogP contribution in [-0.2, 0) is 16.2 Å². The number of hydrogen-bond donors (Lipinski definition) is 2. The van der Waals surface area contributed by atoms with Crippen LogP contribution in [0.3, 0.4) is 0 Å². The van der Waals surface area contributed by atoms with Crippen molar-refractivity contribution in [2.75, 3.05) is 5.32 Å². The summed E-state index contributed by atoms with van der Waals surface area (Å²) in [5.41, 5.74) is -0.537. The van der Waals surface area contributed by atoms with Gasteiger partial charge in [0.1, 0.15) is 11.5 Å². The van der Waals surface area contributed by atoms with Crippen molar-refractivity contribution in [1.82, 2.24) is 0 Å². The zero-order valence-corrected chi connectivity index (χ0v) is 16.0. The predicted octanol–water partition coefficient (Wildman–Crippen LogP) is 5.14. The van der Waals surface area contributed by atoms with Crippen molar-refractivity contribution in [2.24, 2.45) is 5.14 Å². The number of benzene rings is 3. The summed E-state index contributed by atoms with van der Waals surface area (Å²) in [7, 11) is -3.94. The van der Waals surface area contributed by atoms with Gasteiger partial charge in [-0.3, -0.25) is 4.79 Å². The maximum atomic E-state index is 12.7. The van der Waals surface area contributed by atoms with Gasteiger partial charge in [0, 0.05) is 9.97 Å². The number of alkyl halides is 3. The molecule has 3 aromatic rings. The van der Waals surface area contributed by atoms with E-state index in [9.17, 15) is 26.4 Å². The van der Waals surface area contributed by atoms with Crippen LogP contribution in [0.25, 0.3) is 0 Å². The Morgan fingerprint density at radius 2 is 1.63 bits per heavy atom. The maximum absolute atomic E-state index is 12.7. The van der Waals surface area contributed by atoms with Crippen LogP contribution >= 0.6 is 0 Å². The van der Waals surface area contributed by atoms with E-state index in [4.69, 9.17) is 9.88 Å². The molecule has 3 rings (SSSR count). The Morgan fingerprint density at radius 1 is 0.967 bits per heavy atom. The van der Waals surface area contributed by atoms with Gasteiger partial charge in [-0.1, -0.05) is 18.2 Å². The lowest BCUT2D eigenvalue weighted by molar-refractivity contribution is -0.137. The molecule has 3 N–H and O–H groups in total. The van der Waals surface area contributed by atoms with E-state index in [0.29, 0.717) is 0 Å². The molecule has 3 aromatic carbocycles. The van der Waals surface area contributed by atoms with E-state index in [1.54, 1.807) is 12.1 Å². The lowest BCUT2D eigenvalue weighted by Gasteiger charge is -2.13. The molecule has 162 valence electrons. The Labute approximate surface area is 174 Å². The summed E-state index contributed by atoms with van der Waals surface area (Å²) in [6, 6.07) is 15.5. The van der Waals surface area contributed by atoms with Gasteiger partial charge in [-0.2, -0.15) is 13.2 Å². The van der Waals surface area contributed by atoms with Crippen molar-refractivity contribution in [3.63, 3.8) is 0 Å². The number of halogens is 3. The molecule has 0 unspecified atom stereocenters. The first-order chi connectivity index (χ1) is 14.0. The summed E-state index contributed by atoms with van der Waals surface area (Å²) in [4.78, 5) is 12.5. The Hall–Kier alpha value is -3.37. The zero-order valence-electron chi connectivity index (χ0n) is 15.2. The van der Waals surface area contributed by atoms with Crippen LogP contribution in [0.1, 0.15) is 20.2 Å². The van der Waals surface area contributed by atoms with Crippen molar-refractivity contribution in [2.45, 2.75) is 11.1 Å². The fourth-order valence-corrected chi connectivity index (χ4v) is 3.09. The summed E-state index contributed by atoms with van der Waals surface area (Å²) in [5.74, 6) is -0.388. The molecule has 0 aliphatic heterocycles. The molecule has 0 saturated carbocycles. The minimum atomic E-state index is -4.47. The number of nitrogens with two attached hydrogens (primary N) is 1.